The molecule has 16 nitrogen and oxygen atoms in total. The summed E-state index contributed by atoms with van der Waals surface area (Å²) in [5.41, 5.74) is 2.39. The van der Waals surface area contributed by atoms with Crippen LogP contribution in [0.4, 0.5) is 8.78 Å². The van der Waals surface area contributed by atoms with Crippen LogP contribution in [-0.4, -0.2) is 100 Å². The molecule has 4 aromatic heterocycles. The number of rotatable bonds is 12. The number of aromatic nitrogens is 6. The minimum absolute atomic E-state index is 0.0222. The van der Waals surface area contributed by atoms with Gasteiger partial charge in [-0.1, -0.05) is 41.5 Å². The average molecular weight is 954 g/mol. The summed E-state index contributed by atoms with van der Waals surface area (Å²) in [6.45, 7) is 16.3. The molecule has 20 heteroatoms. The average Bonchev–Trinajstić information content (AvgIpc) is 4.09. The van der Waals surface area contributed by atoms with Crippen molar-refractivity contribution in [1.29, 1.82) is 0 Å². The number of carboxylic acids is 1. The number of carboxylic acid groups (broad SMARTS) is 1. The van der Waals surface area contributed by atoms with Crippen LogP contribution in [0, 0.1) is 11.8 Å². The molecule has 0 atom stereocenters. The Labute approximate surface area is 383 Å². The molecule has 356 valence electrons. The van der Waals surface area contributed by atoms with Gasteiger partial charge in [-0.3, -0.25) is 4.79 Å². The zero-order chi connectivity index (χ0) is 47.8. The van der Waals surface area contributed by atoms with Crippen LogP contribution >= 0.6 is 0 Å². The van der Waals surface area contributed by atoms with E-state index in [0.29, 0.717) is 22.9 Å². The second-order valence-electron chi connectivity index (χ2n) is 18.9. The summed E-state index contributed by atoms with van der Waals surface area (Å²) in [5, 5.41) is 11.2. The molecule has 2 aliphatic rings. The highest BCUT2D eigenvalue weighted by molar-refractivity contribution is 7.90. The first-order valence-electron chi connectivity index (χ1n) is 21.9. The van der Waals surface area contributed by atoms with Crippen LogP contribution in [0.1, 0.15) is 99.6 Å². The quantitative estimate of drug-likeness (QED) is 0.125. The maximum Gasteiger partial charge on any atom is 0.337 e. The van der Waals surface area contributed by atoms with Gasteiger partial charge < -0.3 is 29.0 Å². The zero-order valence-corrected chi connectivity index (χ0v) is 39.5. The molecule has 2 saturated heterocycles. The van der Waals surface area contributed by atoms with E-state index in [1.54, 1.807) is 24.3 Å². The Kier molecular flexibility index (Phi) is 14.0. The summed E-state index contributed by atoms with van der Waals surface area (Å²) in [7, 11) is -7.94. The lowest BCUT2D eigenvalue weighted by atomic mass is 9.94. The lowest BCUT2D eigenvalue weighted by Crippen LogP contribution is -2.28. The van der Waals surface area contributed by atoms with Gasteiger partial charge in [-0.25, -0.2) is 48.3 Å². The number of nitrogens with zero attached hydrogens (tertiary/aromatic N) is 6. The second-order valence-corrected chi connectivity index (χ2v) is 22.6. The second kappa shape index (κ2) is 19.0. The number of imidazole rings is 2. The van der Waals surface area contributed by atoms with E-state index in [9.17, 15) is 35.2 Å². The van der Waals surface area contributed by atoms with Crippen molar-refractivity contribution in [2.45, 2.75) is 107 Å². The summed E-state index contributed by atoms with van der Waals surface area (Å²) < 4.78 is 94.5. The van der Waals surface area contributed by atoms with Crippen LogP contribution in [0.5, 0.6) is 0 Å². The molecule has 8 rings (SSSR count). The SMILES string of the molecule is CC(C)(C)c1nc2cc(S(=O)(=O)n3ccc(C(=O)NCC(F)F)c3)ccc2n1CC1CCOCC1.CC(C)(C)c1nc2cc(S(=O)(=O)n3ccc(C(=O)O)c3)ccc2n1CC1CCOCC1. The molecule has 1 amide bonds. The van der Waals surface area contributed by atoms with Crippen molar-refractivity contribution < 1.29 is 49.8 Å². The Morgan fingerprint density at radius 1 is 0.697 bits per heavy atom. The van der Waals surface area contributed by atoms with Crippen LogP contribution in [-0.2, 0) is 53.4 Å². The van der Waals surface area contributed by atoms with Crippen molar-refractivity contribution in [3.8, 4) is 0 Å². The fourth-order valence-electron chi connectivity index (χ4n) is 8.26. The highest BCUT2D eigenvalue weighted by Gasteiger charge is 2.29. The maximum atomic E-state index is 13.2. The number of hydrogen-bond donors (Lipinski definition) is 2. The van der Waals surface area contributed by atoms with E-state index in [-0.39, 0.29) is 31.7 Å². The Hall–Kier alpha value is -5.44. The summed E-state index contributed by atoms with van der Waals surface area (Å²) in [5.74, 6) is 0.803. The number of nitrogens with one attached hydrogen (secondary N) is 1. The molecule has 2 aromatic carbocycles. The van der Waals surface area contributed by atoms with Gasteiger partial charge in [0, 0.05) is 75.1 Å². The molecule has 6 heterocycles. The van der Waals surface area contributed by atoms with Crippen LogP contribution in [0.2, 0.25) is 0 Å². The third-order valence-electron chi connectivity index (χ3n) is 11.8. The van der Waals surface area contributed by atoms with Gasteiger partial charge in [-0.15, -0.1) is 0 Å². The molecule has 2 fully saturated rings. The van der Waals surface area contributed by atoms with Crippen LogP contribution < -0.4 is 5.32 Å². The number of carbonyl (C=O) groups is 2. The minimum atomic E-state index is -4.02. The van der Waals surface area contributed by atoms with E-state index in [1.807, 2.05) is 0 Å². The van der Waals surface area contributed by atoms with Gasteiger partial charge in [0.2, 0.25) is 0 Å². The normalized spacial score (nSPS) is 15.9. The van der Waals surface area contributed by atoms with Gasteiger partial charge in [0.15, 0.2) is 0 Å². The molecule has 0 saturated carbocycles. The summed E-state index contributed by atoms with van der Waals surface area (Å²) in [6.07, 6.45) is 5.92. The molecule has 0 radical (unpaired) electrons. The minimum Gasteiger partial charge on any atom is -0.478 e. The summed E-state index contributed by atoms with van der Waals surface area (Å²) >= 11 is 0. The zero-order valence-electron chi connectivity index (χ0n) is 37.9. The highest BCUT2D eigenvalue weighted by Crippen LogP contribution is 2.33. The monoisotopic (exact) mass is 953 g/mol. The molecular formula is C46H57F2N7O9S2. The summed E-state index contributed by atoms with van der Waals surface area (Å²) in [6, 6.07) is 12.3. The first-order valence-corrected chi connectivity index (χ1v) is 24.8. The third kappa shape index (κ3) is 10.6. The van der Waals surface area contributed by atoms with E-state index >= 15 is 0 Å². The van der Waals surface area contributed by atoms with Gasteiger partial charge in [0.05, 0.1) is 49.5 Å². The van der Waals surface area contributed by atoms with Crippen LogP contribution in [0.25, 0.3) is 22.1 Å². The fourth-order valence-corrected chi connectivity index (χ4v) is 10.7. The number of benzene rings is 2. The number of alkyl halides is 2. The lowest BCUT2D eigenvalue weighted by molar-refractivity contribution is 0.0610. The standard InChI is InChI=1S/C24H30F2N4O4S.C22H27N3O5S/c1-24(2,3)23-28-19-12-18(4-5-20(19)30(23)14-16-7-10-34-11-8-16)35(32,33)29-9-6-17(15-29)22(31)27-13-21(25)26;1-22(2,3)21-23-18-12-17(31(28,29)24-9-6-16(14-24)20(26)27)4-5-19(18)25(21)13-15-7-10-30-11-8-15/h4-6,9,12,15-16,21H,7-8,10-11,13-14H2,1-3H3,(H,27,31);4-6,9,12,14-15H,7-8,10-11,13H2,1-3H3,(H,26,27). The molecule has 0 aliphatic carbocycles. The van der Waals surface area contributed by atoms with E-state index in [2.05, 4.69) is 56.0 Å². The Morgan fingerprint density at radius 2 is 1.11 bits per heavy atom. The van der Waals surface area contributed by atoms with Crippen molar-refractivity contribution in [3.63, 3.8) is 0 Å². The molecule has 66 heavy (non-hydrogen) atoms. The predicted octanol–water partition coefficient (Wildman–Crippen LogP) is 7.29. The summed E-state index contributed by atoms with van der Waals surface area (Å²) in [4.78, 5) is 32.9. The number of halogens is 2. The predicted molar refractivity (Wildman–Crippen MR) is 243 cm³/mol. The largest absolute Gasteiger partial charge is 0.478 e. The van der Waals surface area contributed by atoms with Crippen molar-refractivity contribution in [2.75, 3.05) is 33.0 Å². The van der Waals surface area contributed by atoms with E-state index in [4.69, 9.17) is 24.5 Å². The van der Waals surface area contributed by atoms with Crippen molar-refractivity contribution in [2.24, 2.45) is 11.8 Å². The molecular weight excluding hydrogens is 897 g/mol. The van der Waals surface area contributed by atoms with Crippen molar-refractivity contribution in [3.05, 3.63) is 96.1 Å². The van der Waals surface area contributed by atoms with Gasteiger partial charge in [-0.2, -0.15) is 0 Å². The molecule has 2 N–H and O–H groups in total. The van der Waals surface area contributed by atoms with E-state index < -0.39 is 44.9 Å². The van der Waals surface area contributed by atoms with E-state index in [0.717, 1.165) is 108 Å². The number of fused-ring (bicyclic) bond motifs is 2. The topological polar surface area (TPSA) is 199 Å². The fraction of sp³-hybridized carbons (Fsp3) is 0.478. The van der Waals surface area contributed by atoms with Gasteiger partial charge in [0.1, 0.15) is 11.6 Å². The Bertz CT molecular complexity index is 2950. The van der Waals surface area contributed by atoms with Gasteiger partial charge in [0.25, 0.3) is 32.4 Å². The van der Waals surface area contributed by atoms with E-state index in [1.165, 1.54) is 36.7 Å². The lowest BCUT2D eigenvalue weighted by Gasteiger charge is -2.26. The number of hydrogen-bond acceptors (Lipinski definition) is 10. The molecule has 0 unspecified atom stereocenters. The van der Waals surface area contributed by atoms with Gasteiger partial charge >= 0.3 is 5.97 Å². The van der Waals surface area contributed by atoms with Crippen molar-refractivity contribution in [1.82, 2.24) is 32.4 Å². The van der Waals surface area contributed by atoms with Crippen LogP contribution in [0.15, 0.2) is 83.1 Å². The number of ether oxygens (including phenoxy) is 2. The Balaban J connectivity index is 0.000000198. The smallest absolute Gasteiger partial charge is 0.337 e. The van der Waals surface area contributed by atoms with Gasteiger partial charge in [-0.05, 0) is 86.1 Å². The molecule has 0 spiro atoms. The molecule has 6 aromatic rings. The van der Waals surface area contributed by atoms with Crippen LogP contribution in [0.3, 0.4) is 0 Å². The number of aromatic carboxylic acids is 1. The maximum absolute atomic E-state index is 13.2. The number of carbonyl (C=O) groups excluding carboxylic acids is 1. The van der Waals surface area contributed by atoms with Crippen molar-refractivity contribution >= 4 is 54.0 Å². The highest BCUT2D eigenvalue weighted by atomic mass is 32.2. The molecule has 0 bridgehead atoms. The third-order valence-corrected chi connectivity index (χ3v) is 15.0. The Morgan fingerprint density at radius 3 is 1.48 bits per heavy atom. The first kappa shape index (κ1) is 48.5. The number of amides is 1. The molecule has 2 aliphatic heterocycles. The first-order chi connectivity index (χ1) is 31.0.